The maximum atomic E-state index is 12.5. The molecule has 0 unspecified atom stereocenters. The lowest BCUT2D eigenvalue weighted by Gasteiger charge is -2.11. The van der Waals surface area contributed by atoms with Gasteiger partial charge in [0.25, 0.3) is 0 Å². The first-order valence-electron chi connectivity index (χ1n) is 9.95. The first kappa shape index (κ1) is 22.7. The standard InChI is InChI=1S/C23H21N5O3S2/c1-16-10-12-19(13-11-16)28-22(17-6-3-2-4-7-17)26-27-23(28)32-15-21(29)25-18-8-5-9-20(14-18)33(24,30)31/h2-14H,15H2,1H3,(H,25,29)(H2,24,30,31). The Labute approximate surface area is 195 Å². The number of aromatic nitrogens is 3. The van der Waals surface area contributed by atoms with Crippen molar-refractivity contribution in [2.24, 2.45) is 5.14 Å². The van der Waals surface area contributed by atoms with Gasteiger partial charge in [-0.25, -0.2) is 13.6 Å². The fourth-order valence-electron chi connectivity index (χ4n) is 3.14. The molecular weight excluding hydrogens is 458 g/mol. The van der Waals surface area contributed by atoms with E-state index in [-0.39, 0.29) is 16.6 Å². The summed E-state index contributed by atoms with van der Waals surface area (Å²) in [4.78, 5) is 12.5. The summed E-state index contributed by atoms with van der Waals surface area (Å²) < 4.78 is 25.0. The zero-order valence-electron chi connectivity index (χ0n) is 17.7. The van der Waals surface area contributed by atoms with Crippen LogP contribution in [0.1, 0.15) is 5.56 Å². The number of nitrogens with two attached hydrogens (primary N) is 1. The monoisotopic (exact) mass is 479 g/mol. The fourth-order valence-corrected chi connectivity index (χ4v) is 4.45. The van der Waals surface area contributed by atoms with Crippen LogP contribution >= 0.6 is 11.8 Å². The topological polar surface area (TPSA) is 120 Å². The predicted octanol–water partition coefficient (Wildman–Crippen LogP) is 3.62. The Kier molecular flexibility index (Phi) is 6.59. The van der Waals surface area contributed by atoms with E-state index in [1.165, 1.54) is 30.0 Å². The molecule has 4 rings (SSSR count). The van der Waals surface area contributed by atoms with Gasteiger partial charge in [-0.1, -0.05) is 65.9 Å². The number of sulfonamides is 1. The average molecular weight is 480 g/mol. The van der Waals surface area contributed by atoms with Gasteiger partial charge in [0.1, 0.15) is 0 Å². The highest BCUT2D eigenvalue weighted by molar-refractivity contribution is 7.99. The summed E-state index contributed by atoms with van der Waals surface area (Å²) in [5.74, 6) is 0.410. The smallest absolute Gasteiger partial charge is 0.238 e. The number of rotatable bonds is 7. The van der Waals surface area contributed by atoms with Crippen LogP contribution in [-0.4, -0.2) is 34.8 Å². The maximum absolute atomic E-state index is 12.5. The molecule has 0 fully saturated rings. The summed E-state index contributed by atoms with van der Waals surface area (Å²) in [6, 6.07) is 23.5. The molecule has 168 valence electrons. The Balaban J connectivity index is 1.56. The van der Waals surface area contributed by atoms with Crippen LogP contribution in [0.2, 0.25) is 0 Å². The summed E-state index contributed by atoms with van der Waals surface area (Å²) >= 11 is 1.23. The zero-order valence-corrected chi connectivity index (χ0v) is 19.3. The van der Waals surface area contributed by atoms with Gasteiger partial charge in [-0.2, -0.15) is 0 Å². The molecule has 0 aliphatic heterocycles. The lowest BCUT2D eigenvalue weighted by atomic mass is 10.2. The molecule has 0 bridgehead atoms. The van der Waals surface area contributed by atoms with Crippen LogP contribution in [0, 0.1) is 6.92 Å². The molecule has 8 nitrogen and oxygen atoms in total. The number of amides is 1. The summed E-state index contributed by atoms with van der Waals surface area (Å²) in [6.07, 6.45) is 0. The molecule has 1 heterocycles. The number of hydrogen-bond acceptors (Lipinski definition) is 6. The molecule has 33 heavy (non-hydrogen) atoms. The highest BCUT2D eigenvalue weighted by Crippen LogP contribution is 2.28. The van der Waals surface area contributed by atoms with Gasteiger partial charge in [-0.05, 0) is 37.3 Å². The second-order valence-electron chi connectivity index (χ2n) is 7.25. The molecule has 4 aromatic rings. The van der Waals surface area contributed by atoms with Crippen molar-refractivity contribution in [2.75, 3.05) is 11.1 Å². The van der Waals surface area contributed by atoms with E-state index in [0.717, 1.165) is 16.8 Å². The third-order valence-corrected chi connectivity index (χ3v) is 6.58. The van der Waals surface area contributed by atoms with Crippen molar-refractivity contribution in [3.05, 3.63) is 84.4 Å². The minimum absolute atomic E-state index is 0.0540. The van der Waals surface area contributed by atoms with Crippen LogP contribution in [0.4, 0.5) is 5.69 Å². The molecule has 0 spiro atoms. The highest BCUT2D eigenvalue weighted by atomic mass is 32.2. The lowest BCUT2D eigenvalue weighted by Crippen LogP contribution is -2.16. The van der Waals surface area contributed by atoms with Crippen molar-refractivity contribution in [1.82, 2.24) is 14.8 Å². The van der Waals surface area contributed by atoms with Crippen LogP contribution in [-0.2, 0) is 14.8 Å². The van der Waals surface area contributed by atoms with Gasteiger partial charge in [0, 0.05) is 16.9 Å². The first-order chi connectivity index (χ1) is 15.8. The molecule has 3 aromatic carbocycles. The van der Waals surface area contributed by atoms with E-state index in [1.54, 1.807) is 6.07 Å². The number of aryl methyl sites for hydroxylation is 1. The predicted molar refractivity (Wildman–Crippen MR) is 129 cm³/mol. The number of carbonyl (C=O) groups is 1. The Morgan fingerprint density at radius 3 is 2.42 bits per heavy atom. The molecule has 0 atom stereocenters. The SMILES string of the molecule is Cc1ccc(-n2c(SCC(=O)Nc3cccc(S(N)(=O)=O)c3)nnc2-c2ccccc2)cc1. The third kappa shape index (κ3) is 5.48. The number of hydrogen-bond donors (Lipinski definition) is 2. The summed E-state index contributed by atoms with van der Waals surface area (Å²) in [5, 5.41) is 17.1. The number of thioether (sulfide) groups is 1. The number of nitrogens with one attached hydrogen (secondary N) is 1. The molecule has 10 heteroatoms. The van der Waals surface area contributed by atoms with E-state index in [2.05, 4.69) is 15.5 Å². The minimum Gasteiger partial charge on any atom is -0.325 e. The fraction of sp³-hybridized carbons (Fsp3) is 0.0870. The molecule has 0 aliphatic carbocycles. The van der Waals surface area contributed by atoms with Gasteiger partial charge < -0.3 is 5.32 Å². The largest absolute Gasteiger partial charge is 0.325 e. The van der Waals surface area contributed by atoms with Crippen molar-refractivity contribution in [1.29, 1.82) is 0 Å². The second-order valence-corrected chi connectivity index (χ2v) is 9.76. The van der Waals surface area contributed by atoms with Gasteiger partial charge in [-0.15, -0.1) is 10.2 Å². The second kappa shape index (κ2) is 9.57. The van der Waals surface area contributed by atoms with Crippen LogP contribution in [0.25, 0.3) is 17.1 Å². The van der Waals surface area contributed by atoms with Gasteiger partial charge in [0.05, 0.1) is 10.6 Å². The van der Waals surface area contributed by atoms with Crippen molar-refractivity contribution in [3.8, 4) is 17.1 Å². The van der Waals surface area contributed by atoms with Crippen LogP contribution in [0.3, 0.4) is 0 Å². The maximum Gasteiger partial charge on any atom is 0.238 e. The Bertz CT molecular complexity index is 1390. The van der Waals surface area contributed by atoms with Crippen LogP contribution in [0.15, 0.2) is 88.9 Å². The first-order valence-corrected chi connectivity index (χ1v) is 12.5. The van der Waals surface area contributed by atoms with E-state index in [4.69, 9.17) is 5.14 Å². The molecule has 1 aromatic heterocycles. The molecular formula is C23H21N5O3S2. The van der Waals surface area contributed by atoms with E-state index in [1.807, 2.05) is 66.1 Å². The number of benzene rings is 3. The van der Waals surface area contributed by atoms with E-state index < -0.39 is 10.0 Å². The molecule has 1 amide bonds. The van der Waals surface area contributed by atoms with Gasteiger partial charge >= 0.3 is 0 Å². The number of primary sulfonamides is 1. The Morgan fingerprint density at radius 2 is 1.73 bits per heavy atom. The average Bonchev–Trinajstić information content (AvgIpc) is 3.22. The summed E-state index contributed by atoms with van der Waals surface area (Å²) in [5.41, 5.74) is 3.26. The third-order valence-electron chi connectivity index (χ3n) is 4.74. The molecule has 3 N–H and O–H groups in total. The van der Waals surface area contributed by atoms with E-state index in [9.17, 15) is 13.2 Å². The molecule has 0 saturated carbocycles. The Hall–Kier alpha value is -3.47. The van der Waals surface area contributed by atoms with Crippen molar-refractivity contribution >= 4 is 33.4 Å². The van der Waals surface area contributed by atoms with Crippen molar-refractivity contribution < 1.29 is 13.2 Å². The zero-order chi connectivity index (χ0) is 23.4. The molecule has 0 radical (unpaired) electrons. The van der Waals surface area contributed by atoms with Crippen molar-refractivity contribution in [3.63, 3.8) is 0 Å². The normalized spacial score (nSPS) is 11.3. The van der Waals surface area contributed by atoms with Gasteiger partial charge in [0.2, 0.25) is 15.9 Å². The molecule has 0 aliphatic rings. The highest BCUT2D eigenvalue weighted by Gasteiger charge is 2.17. The Morgan fingerprint density at radius 1 is 1.00 bits per heavy atom. The van der Waals surface area contributed by atoms with Crippen molar-refractivity contribution in [2.45, 2.75) is 17.0 Å². The summed E-state index contributed by atoms with van der Waals surface area (Å²) in [7, 11) is -3.86. The van der Waals surface area contributed by atoms with E-state index >= 15 is 0 Å². The minimum atomic E-state index is -3.86. The van der Waals surface area contributed by atoms with Gasteiger partial charge in [-0.3, -0.25) is 9.36 Å². The van der Waals surface area contributed by atoms with Crippen LogP contribution < -0.4 is 10.5 Å². The summed E-state index contributed by atoms with van der Waals surface area (Å²) in [6.45, 7) is 2.01. The molecule has 0 saturated heterocycles. The van der Waals surface area contributed by atoms with Gasteiger partial charge in [0.15, 0.2) is 11.0 Å². The number of anilines is 1. The lowest BCUT2D eigenvalue weighted by molar-refractivity contribution is -0.113. The van der Waals surface area contributed by atoms with E-state index in [0.29, 0.717) is 16.7 Å². The van der Waals surface area contributed by atoms with Crippen LogP contribution in [0.5, 0.6) is 0 Å². The number of nitrogens with zero attached hydrogens (tertiary/aromatic N) is 3. The quantitative estimate of drug-likeness (QED) is 0.391. The number of carbonyl (C=O) groups excluding carboxylic acids is 1.